The molecule has 0 unspecified atom stereocenters. The van der Waals surface area contributed by atoms with Crippen LogP contribution in [-0.2, 0) is 16.0 Å². The number of carboxylic acids is 1. The number of carbonyl (C=O) groups is 2. The number of phenolic OH excluding ortho intramolecular Hbond substituents is 1. The number of rotatable bonds is 10. The van der Waals surface area contributed by atoms with E-state index < -0.39 is 17.6 Å². The maximum Gasteiger partial charge on any atom is 0.328 e. The largest absolute Gasteiger partial charge is 0.508 e. The van der Waals surface area contributed by atoms with Crippen molar-refractivity contribution in [1.82, 2.24) is 10.2 Å². The van der Waals surface area contributed by atoms with E-state index in [9.17, 15) is 19.8 Å². The Balaban J connectivity index is 3.09. The summed E-state index contributed by atoms with van der Waals surface area (Å²) in [6.07, 6.45) is 3.73. The molecule has 1 aromatic rings. The predicted octanol–water partition coefficient (Wildman–Crippen LogP) is 1.96. The lowest BCUT2D eigenvalue weighted by Gasteiger charge is -2.32. The number of amides is 1. The zero-order valence-corrected chi connectivity index (χ0v) is 14.7. The number of carbonyl (C=O) groups excluding carboxylic acids is 1. The fourth-order valence-electron chi connectivity index (χ4n) is 2.35. The van der Waals surface area contributed by atoms with Crippen LogP contribution in [0.2, 0.25) is 0 Å². The number of nitrogens with zero attached hydrogens (tertiary/aromatic N) is 1. The van der Waals surface area contributed by atoms with Gasteiger partial charge in [0.15, 0.2) is 0 Å². The summed E-state index contributed by atoms with van der Waals surface area (Å²) in [5, 5.41) is 21.2. The van der Waals surface area contributed by atoms with Crippen LogP contribution in [0.3, 0.4) is 0 Å². The first-order valence-corrected chi connectivity index (χ1v) is 8.00. The Morgan fingerprint density at radius 1 is 1.20 bits per heavy atom. The first kappa shape index (κ1) is 20.4. The molecular weight excluding hydrogens is 320 g/mol. The number of aromatic hydroxyl groups is 1. The van der Waals surface area contributed by atoms with E-state index in [0.717, 1.165) is 5.56 Å². The molecule has 3 N–H and O–H groups in total. The second-order valence-corrected chi connectivity index (χ2v) is 6.34. The third-order valence-corrected chi connectivity index (χ3v) is 3.81. The molecule has 6 heteroatoms. The Bertz CT molecular complexity index is 613. The van der Waals surface area contributed by atoms with Crippen LogP contribution in [0.4, 0.5) is 0 Å². The van der Waals surface area contributed by atoms with Crippen molar-refractivity contribution < 1.29 is 19.8 Å². The van der Waals surface area contributed by atoms with Gasteiger partial charge in [-0.05, 0) is 38.0 Å². The fourth-order valence-corrected chi connectivity index (χ4v) is 2.35. The van der Waals surface area contributed by atoms with Crippen LogP contribution in [-0.4, -0.2) is 51.7 Å². The highest BCUT2D eigenvalue weighted by molar-refractivity contribution is 5.89. The van der Waals surface area contributed by atoms with E-state index in [1.54, 1.807) is 36.4 Å². The van der Waals surface area contributed by atoms with E-state index in [4.69, 9.17) is 0 Å². The molecule has 1 aromatic carbocycles. The highest BCUT2D eigenvalue weighted by Gasteiger charge is 2.33. The predicted molar refractivity (Wildman–Crippen MR) is 97.4 cm³/mol. The number of hydrogen-bond acceptors (Lipinski definition) is 4. The van der Waals surface area contributed by atoms with Crippen LogP contribution >= 0.6 is 0 Å². The second kappa shape index (κ2) is 9.03. The quantitative estimate of drug-likeness (QED) is 0.564. The van der Waals surface area contributed by atoms with Crippen molar-refractivity contribution in [1.29, 1.82) is 0 Å². The molecule has 0 aliphatic carbocycles. The molecular formula is C19H26N2O4. The van der Waals surface area contributed by atoms with Gasteiger partial charge in [-0.25, -0.2) is 4.79 Å². The van der Waals surface area contributed by atoms with E-state index in [2.05, 4.69) is 18.5 Å². The van der Waals surface area contributed by atoms with E-state index in [-0.39, 0.29) is 11.7 Å². The molecule has 0 radical (unpaired) electrons. The van der Waals surface area contributed by atoms with Crippen LogP contribution in [0.5, 0.6) is 5.75 Å². The Labute approximate surface area is 148 Å². The zero-order valence-electron chi connectivity index (χ0n) is 14.7. The van der Waals surface area contributed by atoms with Crippen molar-refractivity contribution in [3.63, 3.8) is 0 Å². The summed E-state index contributed by atoms with van der Waals surface area (Å²) < 4.78 is 0. The van der Waals surface area contributed by atoms with E-state index in [1.165, 1.54) is 13.8 Å². The van der Waals surface area contributed by atoms with E-state index >= 15 is 0 Å². The Morgan fingerprint density at radius 3 is 2.16 bits per heavy atom. The van der Waals surface area contributed by atoms with E-state index in [0.29, 0.717) is 19.5 Å². The lowest BCUT2D eigenvalue weighted by atomic mass is 10.0. The summed E-state index contributed by atoms with van der Waals surface area (Å²) in [4.78, 5) is 26.0. The number of benzene rings is 1. The monoisotopic (exact) mass is 346 g/mol. The third-order valence-electron chi connectivity index (χ3n) is 3.81. The van der Waals surface area contributed by atoms with Gasteiger partial charge in [0, 0.05) is 13.1 Å². The maximum absolute atomic E-state index is 12.8. The SMILES string of the molecule is C=CCN(CC=C)[C@@H](Cc1ccc(O)cc1)C(=O)NC(C)(C)C(=O)O. The van der Waals surface area contributed by atoms with Crippen molar-refractivity contribution in [2.24, 2.45) is 0 Å². The molecule has 0 saturated carbocycles. The average Bonchev–Trinajstić information content (AvgIpc) is 2.53. The molecule has 136 valence electrons. The number of hydrogen-bond donors (Lipinski definition) is 3. The minimum Gasteiger partial charge on any atom is -0.508 e. The second-order valence-electron chi connectivity index (χ2n) is 6.34. The van der Waals surface area contributed by atoms with Crippen molar-refractivity contribution >= 4 is 11.9 Å². The number of carboxylic acid groups (broad SMARTS) is 1. The minimum atomic E-state index is -1.38. The summed E-state index contributed by atoms with van der Waals surface area (Å²) >= 11 is 0. The molecule has 6 nitrogen and oxygen atoms in total. The van der Waals surface area contributed by atoms with Crippen LogP contribution < -0.4 is 5.32 Å². The van der Waals surface area contributed by atoms with Gasteiger partial charge in [0.1, 0.15) is 11.3 Å². The molecule has 0 fully saturated rings. The highest BCUT2D eigenvalue weighted by atomic mass is 16.4. The summed E-state index contributed by atoms with van der Waals surface area (Å²) in [5.41, 5.74) is -0.526. The fraction of sp³-hybridized carbons (Fsp3) is 0.368. The molecule has 25 heavy (non-hydrogen) atoms. The van der Waals surface area contributed by atoms with Crippen LogP contribution in [0.15, 0.2) is 49.6 Å². The van der Waals surface area contributed by atoms with Crippen molar-refractivity contribution in [2.75, 3.05) is 13.1 Å². The summed E-state index contributed by atoms with van der Waals surface area (Å²) in [6.45, 7) is 11.2. The van der Waals surface area contributed by atoms with Crippen molar-refractivity contribution in [2.45, 2.75) is 31.8 Å². The summed E-state index contributed by atoms with van der Waals surface area (Å²) in [6, 6.07) is 5.97. The molecule has 0 aliphatic heterocycles. The Kier molecular flexibility index (Phi) is 7.39. The number of nitrogens with one attached hydrogen (secondary N) is 1. The molecule has 0 aliphatic rings. The van der Waals surface area contributed by atoms with Gasteiger partial charge >= 0.3 is 5.97 Å². The molecule has 1 atom stereocenters. The molecule has 0 spiro atoms. The van der Waals surface area contributed by atoms with Gasteiger partial charge < -0.3 is 15.5 Å². The minimum absolute atomic E-state index is 0.144. The summed E-state index contributed by atoms with van der Waals surface area (Å²) in [7, 11) is 0. The first-order chi connectivity index (χ1) is 11.7. The van der Waals surface area contributed by atoms with Gasteiger partial charge in [-0.1, -0.05) is 24.3 Å². The van der Waals surface area contributed by atoms with Gasteiger partial charge in [0.2, 0.25) is 5.91 Å². The van der Waals surface area contributed by atoms with Gasteiger partial charge in [0.25, 0.3) is 0 Å². The topological polar surface area (TPSA) is 89.9 Å². The molecule has 0 aromatic heterocycles. The van der Waals surface area contributed by atoms with Gasteiger partial charge in [0.05, 0.1) is 6.04 Å². The van der Waals surface area contributed by atoms with E-state index in [1.807, 2.05) is 4.90 Å². The molecule has 1 amide bonds. The number of aliphatic carboxylic acids is 1. The Hall–Kier alpha value is -2.60. The lowest BCUT2D eigenvalue weighted by molar-refractivity contribution is -0.146. The van der Waals surface area contributed by atoms with Crippen LogP contribution in [0, 0.1) is 0 Å². The van der Waals surface area contributed by atoms with Gasteiger partial charge in [-0.3, -0.25) is 9.69 Å². The normalized spacial score (nSPS) is 12.4. The maximum atomic E-state index is 12.8. The molecule has 1 rings (SSSR count). The zero-order chi connectivity index (χ0) is 19.0. The number of phenols is 1. The van der Waals surface area contributed by atoms with Crippen LogP contribution in [0.25, 0.3) is 0 Å². The molecule has 0 bridgehead atoms. The third kappa shape index (κ3) is 6.08. The van der Waals surface area contributed by atoms with Crippen molar-refractivity contribution in [3.05, 3.63) is 55.1 Å². The smallest absolute Gasteiger partial charge is 0.328 e. The molecule has 0 saturated heterocycles. The van der Waals surface area contributed by atoms with Gasteiger partial charge in [-0.2, -0.15) is 0 Å². The highest BCUT2D eigenvalue weighted by Crippen LogP contribution is 2.15. The summed E-state index contributed by atoms with van der Waals surface area (Å²) in [5.74, 6) is -1.35. The lowest BCUT2D eigenvalue weighted by Crippen LogP contribution is -2.57. The average molecular weight is 346 g/mol. The molecule has 0 heterocycles. The standard InChI is InChI=1S/C19H26N2O4/c1-5-11-21(12-6-2)16(13-14-7-9-15(22)10-8-14)17(23)20-19(3,4)18(24)25/h5-10,16,22H,1-2,11-13H2,3-4H3,(H,20,23)(H,24,25)/t16-/m0/s1. The Morgan fingerprint density at radius 2 is 1.72 bits per heavy atom. The van der Waals surface area contributed by atoms with Crippen molar-refractivity contribution in [3.8, 4) is 5.75 Å². The van der Waals surface area contributed by atoms with Crippen LogP contribution in [0.1, 0.15) is 19.4 Å². The first-order valence-electron chi connectivity index (χ1n) is 8.00. The van der Waals surface area contributed by atoms with Gasteiger partial charge in [-0.15, -0.1) is 13.2 Å².